The maximum atomic E-state index is 5.62. The molecule has 5 heteroatoms. The van der Waals surface area contributed by atoms with Crippen LogP contribution >= 0.6 is 0 Å². The molecule has 1 unspecified atom stereocenters. The molecular weight excluding hydrogens is 254 g/mol. The minimum absolute atomic E-state index is 0.414. The summed E-state index contributed by atoms with van der Waals surface area (Å²) in [5.74, 6) is 2.02. The predicted octanol–water partition coefficient (Wildman–Crippen LogP) is 3.04. The number of aromatic nitrogens is 2. The maximum Gasteiger partial charge on any atom is 0.226 e. The van der Waals surface area contributed by atoms with E-state index in [-0.39, 0.29) is 0 Å². The first kappa shape index (κ1) is 17.1. The molecule has 1 rings (SSSR count). The Bertz CT molecular complexity index is 367. The molecule has 0 amide bonds. The van der Waals surface area contributed by atoms with E-state index in [0.717, 1.165) is 45.1 Å². The van der Waals surface area contributed by atoms with E-state index in [1.165, 1.54) is 0 Å². The lowest BCUT2D eigenvalue weighted by molar-refractivity contribution is -0.0306. The Hall–Kier alpha value is -0.940. The molecule has 1 atom stereocenters. The van der Waals surface area contributed by atoms with E-state index in [9.17, 15) is 0 Å². The Morgan fingerprint density at radius 3 is 2.45 bits per heavy atom. The molecule has 0 aromatic carbocycles. The number of nitrogens with zero attached hydrogens (tertiary/aromatic N) is 2. The van der Waals surface area contributed by atoms with Crippen molar-refractivity contribution in [1.29, 1.82) is 0 Å². The third kappa shape index (κ3) is 4.03. The second-order valence-electron chi connectivity index (χ2n) is 5.31. The van der Waals surface area contributed by atoms with Crippen molar-refractivity contribution >= 4 is 0 Å². The van der Waals surface area contributed by atoms with Crippen molar-refractivity contribution in [2.75, 3.05) is 13.7 Å². The molecule has 0 radical (unpaired) electrons. The van der Waals surface area contributed by atoms with Gasteiger partial charge in [-0.3, -0.25) is 0 Å². The van der Waals surface area contributed by atoms with Gasteiger partial charge in [0.05, 0.1) is 0 Å². The number of hydrogen-bond donors (Lipinski definition) is 1. The standard InChI is InChI=1S/C15H29N3O2/c1-5-12(10-11-16)8-9-13-17-14(18-20-13)15(6-2,7-3)19-4/h12H,5-11,16H2,1-4H3. The second kappa shape index (κ2) is 8.37. The Morgan fingerprint density at radius 1 is 1.25 bits per heavy atom. The fourth-order valence-electron chi connectivity index (χ4n) is 2.60. The number of hydrogen-bond acceptors (Lipinski definition) is 5. The van der Waals surface area contributed by atoms with Gasteiger partial charge in [0.25, 0.3) is 0 Å². The van der Waals surface area contributed by atoms with Crippen molar-refractivity contribution in [2.45, 2.75) is 64.9 Å². The Labute approximate surface area is 122 Å². The maximum absolute atomic E-state index is 5.62. The summed E-state index contributed by atoms with van der Waals surface area (Å²) in [5.41, 5.74) is 5.21. The van der Waals surface area contributed by atoms with E-state index in [1.807, 2.05) is 0 Å². The van der Waals surface area contributed by atoms with Gasteiger partial charge in [-0.2, -0.15) is 4.98 Å². The molecule has 0 aliphatic rings. The molecule has 0 fully saturated rings. The molecule has 2 N–H and O–H groups in total. The van der Waals surface area contributed by atoms with Gasteiger partial charge in [-0.1, -0.05) is 32.3 Å². The average Bonchev–Trinajstić information content (AvgIpc) is 2.95. The van der Waals surface area contributed by atoms with Crippen LogP contribution in [0.3, 0.4) is 0 Å². The number of ether oxygens (including phenoxy) is 1. The van der Waals surface area contributed by atoms with Crippen LogP contribution < -0.4 is 5.73 Å². The van der Waals surface area contributed by atoms with E-state index in [2.05, 4.69) is 30.9 Å². The first-order valence-electron chi connectivity index (χ1n) is 7.73. The molecular formula is C15H29N3O2. The molecule has 1 heterocycles. The van der Waals surface area contributed by atoms with E-state index in [1.54, 1.807) is 7.11 Å². The first-order valence-corrected chi connectivity index (χ1v) is 7.73. The zero-order chi connectivity index (χ0) is 15.0. The molecule has 0 aliphatic carbocycles. The van der Waals surface area contributed by atoms with Crippen molar-refractivity contribution in [3.05, 3.63) is 11.7 Å². The van der Waals surface area contributed by atoms with Crippen molar-refractivity contribution in [3.63, 3.8) is 0 Å². The van der Waals surface area contributed by atoms with Gasteiger partial charge < -0.3 is 15.0 Å². The van der Waals surface area contributed by atoms with Crippen LogP contribution in [0, 0.1) is 5.92 Å². The van der Waals surface area contributed by atoms with Gasteiger partial charge in [0, 0.05) is 13.5 Å². The quantitative estimate of drug-likeness (QED) is 0.714. The van der Waals surface area contributed by atoms with E-state index in [4.69, 9.17) is 15.0 Å². The highest BCUT2D eigenvalue weighted by atomic mass is 16.5. The Kier molecular flexibility index (Phi) is 7.16. The van der Waals surface area contributed by atoms with E-state index >= 15 is 0 Å². The lowest BCUT2D eigenvalue weighted by Crippen LogP contribution is -2.28. The van der Waals surface area contributed by atoms with Crippen molar-refractivity contribution < 1.29 is 9.26 Å². The van der Waals surface area contributed by atoms with Crippen LogP contribution in [0.2, 0.25) is 0 Å². The monoisotopic (exact) mass is 283 g/mol. The molecule has 0 saturated carbocycles. The molecule has 0 bridgehead atoms. The summed E-state index contributed by atoms with van der Waals surface area (Å²) < 4.78 is 11.0. The zero-order valence-corrected chi connectivity index (χ0v) is 13.3. The van der Waals surface area contributed by atoms with Crippen LogP contribution in [0.4, 0.5) is 0 Å². The molecule has 1 aromatic rings. The molecule has 116 valence electrons. The van der Waals surface area contributed by atoms with Crippen LogP contribution in [0.15, 0.2) is 4.52 Å². The lowest BCUT2D eigenvalue weighted by Gasteiger charge is -2.25. The molecule has 0 aliphatic heterocycles. The lowest BCUT2D eigenvalue weighted by atomic mass is 9.96. The third-order valence-corrected chi connectivity index (χ3v) is 4.33. The molecule has 1 aromatic heterocycles. The average molecular weight is 283 g/mol. The number of aryl methyl sites for hydroxylation is 1. The van der Waals surface area contributed by atoms with Crippen molar-refractivity contribution in [1.82, 2.24) is 10.1 Å². The molecule has 0 spiro atoms. The molecule has 5 nitrogen and oxygen atoms in total. The fourth-order valence-corrected chi connectivity index (χ4v) is 2.60. The fraction of sp³-hybridized carbons (Fsp3) is 0.867. The van der Waals surface area contributed by atoms with Gasteiger partial charge in [0.1, 0.15) is 5.60 Å². The Balaban J connectivity index is 2.67. The van der Waals surface area contributed by atoms with Crippen molar-refractivity contribution in [2.24, 2.45) is 11.7 Å². The minimum Gasteiger partial charge on any atom is -0.370 e. The highest BCUT2D eigenvalue weighted by Gasteiger charge is 2.33. The summed E-state index contributed by atoms with van der Waals surface area (Å²) in [4.78, 5) is 4.53. The second-order valence-corrected chi connectivity index (χ2v) is 5.31. The SMILES string of the molecule is CCC(CCN)CCc1nc(C(CC)(CC)OC)no1. The van der Waals surface area contributed by atoms with Crippen LogP contribution in [0.1, 0.15) is 64.6 Å². The summed E-state index contributed by atoms with van der Waals surface area (Å²) >= 11 is 0. The summed E-state index contributed by atoms with van der Waals surface area (Å²) in [6.07, 6.45) is 5.74. The number of methoxy groups -OCH3 is 1. The van der Waals surface area contributed by atoms with Gasteiger partial charge in [-0.25, -0.2) is 0 Å². The van der Waals surface area contributed by atoms with E-state index < -0.39 is 5.60 Å². The van der Waals surface area contributed by atoms with Crippen LogP contribution in [-0.2, 0) is 16.8 Å². The van der Waals surface area contributed by atoms with Crippen LogP contribution in [-0.4, -0.2) is 23.8 Å². The summed E-state index contributed by atoms with van der Waals surface area (Å²) in [5, 5.41) is 4.12. The number of nitrogens with two attached hydrogens (primary N) is 1. The van der Waals surface area contributed by atoms with Gasteiger partial charge in [-0.15, -0.1) is 0 Å². The molecule has 0 saturated heterocycles. The van der Waals surface area contributed by atoms with Gasteiger partial charge in [-0.05, 0) is 38.1 Å². The normalized spacial score (nSPS) is 13.7. The minimum atomic E-state index is -0.414. The summed E-state index contributed by atoms with van der Waals surface area (Å²) in [6.45, 7) is 7.10. The summed E-state index contributed by atoms with van der Waals surface area (Å²) in [7, 11) is 1.71. The van der Waals surface area contributed by atoms with Crippen molar-refractivity contribution in [3.8, 4) is 0 Å². The molecule has 20 heavy (non-hydrogen) atoms. The van der Waals surface area contributed by atoms with Gasteiger partial charge in [0.2, 0.25) is 11.7 Å². The zero-order valence-electron chi connectivity index (χ0n) is 13.3. The largest absolute Gasteiger partial charge is 0.370 e. The smallest absolute Gasteiger partial charge is 0.226 e. The highest BCUT2D eigenvalue weighted by Crippen LogP contribution is 2.30. The topological polar surface area (TPSA) is 74.2 Å². The third-order valence-electron chi connectivity index (χ3n) is 4.33. The van der Waals surface area contributed by atoms with Gasteiger partial charge in [0.15, 0.2) is 0 Å². The van der Waals surface area contributed by atoms with Gasteiger partial charge >= 0.3 is 0 Å². The van der Waals surface area contributed by atoms with Crippen LogP contribution in [0.25, 0.3) is 0 Å². The van der Waals surface area contributed by atoms with Crippen LogP contribution in [0.5, 0.6) is 0 Å². The van der Waals surface area contributed by atoms with E-state index in [0.29, 0.717) is 17.6 Å². The predicted molar refractivity (Wildman–Crippen MR) is 79.3 cm³/mol. The highest BCUT2D eigenvalue weighted by molar-refractivity contribution is 5.01. The summed E-state index contributed by atoms with van der Waals surface area (Å²) in [6, 6.07) is 0. The Morgan fingerprint density at radius 2 is 1.95 bits per heavy atom. The number of rotatable bonds is 10. The first-order chi connectivity index (χ1) is 9.65.